The second-order valence-corrected chi connectivity index (χ2v) is 7.98. The molecular weight excluding hydrogens is 384 g/mol. The number of urea groups is 1. The van der Waals surface area contributed by atoms with Gasteiger partial charge in [0, 0.05) is 12.7 Å². The van der Waals surface area contributed by atoms with Crippen molar-refractivity contribution in [2.45, 2.75) is 18.4 Å². The first-order valence-corrected chi connectivity index (χ1v) is 9.35. The van der Waals surface area contributed by atoms with Crippen molar-refractivity contribution < 1.29 is 17.6 Å². The molecule has 1 heterocycles. The van der Waals surface area contributed by atoms with Gasteiger partial charge in [0.05, 0.1) is 17.2 Å². The van der Waals surface area contributed by atoms with Crippen molar-refractivity contribution in [2.75, 3.05) is 18.1 Å². The van der Waals surface area contributed by atoms with E-state index in [1.54, 1.807) is 38.2 Å². The lowest BCUT2D eigenvalue weighted by atomic mass is 10.3. The van der Waals surface area contributed by atoms with Crippen LogP contribution < -0.4 is 5.32 Å². The number of halogens is 1. The molecule has 124 valence electrons. The molecule has 2 rings (SSSR count). The van der Waals surface area contributed by atoms with Gasteiger partial charge in [-0.3, -0.25) is 0 Å². The van der Waals surface area contributed by atoms with Crippen LogP contribution >= 0.6 is 15.9 Å². The molecule has 0 atom stereocenters. The molecule has 0 radical (unpaired) electrons. The molecule has 6 nitrogen and oxygen atoms in total. The third-order valence-corrected chi connectivity index (χ3v) is 5.35. The Hall–Kier alpha value is -1.80. The average Bonchev–Trinajstić information content (AvgIpc) is 2.92. The van der Waals surface area contributed by atoms with E-state index < -0.39 is 9.84 Å². The second kappa shape index (κ2) is 7.18. The van der Waals surface area contributed by atoms with Crippen molar-refractivity contribution in [1.82, 2.24) is 4.90 Å². The van der Waals surface area contributed by atoms with E-state index in [9.17, 15) is 13.2 Å². The Morgan fingerprint density at radius 2 is 2.04 bits per heavy atom. The normalized spacial score (nSPS) is 11.3. The Bertz CT molecular complexity index is 801. The minimum atomic E-state index is -3.31. The molecule has 2 amide bonds. The molecule has 0 aliphatic heterocycles. The molecule has 2 aromatic rings. The quantitative estimate of drug-likeness (QED) is 0.832. The highest BCUT2D eigenvalue weighted by molar-refractivity contribution is 9.10. The van der Waals surface area contributed by atoms with Gasteiger partial charge in [-0.25, -0.2) is 13.2 Å². The zero-order chi connectivity index (χ0) is 17.0. The van der Waals surface area contributed by atoms with Crippen molar-refractivity contribution in [3.63, 3.8) is 0 Å². The van der Waals surface area contributed by atoms with Crippen LogP contribution in [0, 0.1) is 0 Å². The number of carbonyl (C=O) groups excluding carboxylic acids is 1. The van der Waals surface area contributed by atoms with Crippen LogP contribution in [0.15, 0.2) is 50.4 Å². The number of anilines is 1. The SMILES string of the molecule is CCS(=O)(=O)c1cccc(NC(=O)N(C)Cc2ccc(Br)o2)c1. The van der Waals surface area contributed by atoms with Crippen LogP contribution in [0.25, 0.3) is 0 Å². The second-order valence-electron chi connectivity index (χ2n) is 4.92. The standard InChI is InChI=1S/C15H17BrN2O4S/c1-3-23(20,21)13-6-4-5-11(9-13)17-15(19)18(2)10-12-7-8-14(16)22-12/h4-9H,3,10H2,1-2H3,(H,17,19). The van der Waals surface area contributed by atoms with Crippen molar-refractivity contribution in [3.05, 3.63) is 46.8 Å². The summed E-state index contributed by atoms with van der Waals surface area (Å²) in [6, 6.07) is 9.37. The van der Waals surface area contributed by atoms with Gasteiger partial charge >= 0.3 is 6.03 Å². The summed E-state index contributed by atoms with van der Waals surface area (Å²) in [5.74, 6) is 0.648. The summed E-state index contributed by atoms with van der Waals surface area (Å²) < 4.78 is 29.7. The van der Waals surface area contributed by atoms with Gasteiger partial charge in [0.15, 0.2) is 14.5 Å². The maximum atomic E-state index is 12.2. The Morgan fingerprint density at radius 1 is 1.30 bits per heavy atom. The Labute approximate surface area is 143 Å². The Kier molecular flexibility index (Phi) is 5.48. The smallest absolute Gasteiger partial charge is 0.321 e. The minimum Gasteiger partial charge on any atom is -0.452 e. The first-order valence-electron chi connectivity index (χ1n) is 6.91. The third kappa shape index (κ3) is 4.59. The molecule has 0 saturated carbocycles. The van der Waals surface area contributed by atoms with Crippen LogP contribution in [0.2, 0.25) is 0 Å². The van der Waals surface area contributed by atoms with E-state index in [-0.39, 0.29) is 16.7 Å². The fourth-order valence-corrected chi connectivity index (χ4v) is 3.16. The monoisotopic (exact) mass is 400 g/mol. The molecule has 0 fully saturated rings. The number of amides is 2. The zero-order valence-corrected chi connectivity index (χ0v) is 15.1. The molecule has 1 N–H and O–H groups in total. The number of hydrogen-bond acceptors (Lipinski definition) is 4. The number of sulfone groups is 1. The van der Waals surface area contributed by atoms with Gasteiger partial charge in [0.25, 0.3) is 0 Å². The fraction of sp³-hybridized carbons (Fsp3) is 0.267. The largest absolute Gasteiger partial charge is 0.452 e. The summed E-state index contributed by atoms with van der Waals surface area (Å²) in [5.41, 5.74) is 0.428. The zero-order valence-electron chi connectivity index (χ0n) is 12.7. The molecule has 0 saturated heterocycles. The molecule has 0 unspecified atom stereocenters. The molecule has 8 heteroatoms. The van der Waals surface area contributed by atoms with Crippen molar-refractivity contribution in [3.8, 4) is 0 Å². The van der Waals surface area contributed by atoms with Crippen LogP contribution in [0.1, 0.15) is 12.7 Å². The molecule has 0 spiro atoms. The van der Waals surface area contributed by atoms with Crippen molar-refractivity contribution in [2.24, 2.45) is 0 Å². The molecule has 23 heavy (non-hydrogen) atoms. The van der Waals surface area contributed by atoms with Crippen LogP contribution in [0.4, 0.5) is 10.5 Å². The molecule has 1 aromatic heterocycles. The lowest BCUT2D eigenvalue weighted by Crippen LogP contribution is -2.30. The summed E-state index contributed by atoms with van der Waals surface area (Å²) in [6.45, 7) is 1.88. The van der Waals surface area contributed by atoms with Crippen molar-refractivity contribution >= 4 is 37.5 Å². The highest BCUT2D eigenvalue weighted by atomic mass is 79.9. The van der Waals surface area contributed by atoms with Crippen LogP contribution in [-0.4, -0.2) is 32.1 Å². The number of nitrogens with zero attached hydrogens (tertiary/aromatic N) is 1. The summed E-state index contributed by atoms with van der Waals surface area (Å²) >= 11 is 3.20. The maximum Gasteiger partial charge on any atom is 0.321 e. The lowest BCUT2D eigenvalue weighted by Gasteiger charge is -2.17. The van der Waals surface area contributed by atoms with Crippen LogP contribution in [-0.2, 0) is 16.4 Å². The number of furan rings is 1. The van der Waals surface area contributed by atoms with Gasteiger partial charge in [-0.2, -0.15) is 0 Å². The molecular formula is C15H17BrN2O4S. The van der Waals surface area contributed by atoms with E-state index in [1.165, 1.54) is 17.0 Å². The molecule has 0 aliphatic rings. The van der Waals surface area contributed by atoms with Gasteiger partial charge in [-0.05, 0) is 46.3 Å². The number of nitrogens with one attached hydrogen (secondary N) is 1. The van der Waals surface area contributed by atoms with Gasteiger partial charge < -0.3 is 14.6 Å². The van der Waals surface area contributed by atoms with Crippen LogP contribution in [0.3, 0.4) is 0 Å². The van der Waals surface area contributed by atoms with E-state index in [1.807, 2.05) is 0 Å². The number of carbonyl (C=O) groups is 1. The molecule has 1 aromatic carbocycles. The number of benzene rings is 1. The number of hydrogen-bond donors (Lipinski definition) is 1. The molecule has 0 aliphatic carbocycles. The van der Waals surface area contributed by atoms with E-state index in [0.29, 0.717) is 22.7 Å². The highest BCUT2D eigenvalue weighted by Gasteiger charge is 2.14. The minimum absolute atomic E-state index is 0.0116. The third-order valence-electron chi connectivity index (χ3n) is 3.19. The summed E-state index contributed by atoms with van der Waals surface area (Å²) in [5, 5.41) is 2.67. The first-order chi connectivity index (χ1) is 10.8. The predicted molar refractivity (Wildman–Crippen MR) is 91.1 cm³/mol. The van der Waals surface area contributed by atoms with E-state index in [0.717, 1.165) is 0 Å². The van der Waals surface area contributed by atoms with E-state index in [4.69, 9.17) is 4.42 Å². The summed E-state index contributed by atoms with van der Waals surface area (Å²) in [7, 11) is -1.68. The lowest BCUT2D eigenvalue weighted by molar-refractivity contribution is 0.216. The van der Waals surface area contributed by atoms with Crippen LogP contribution in [0.5, 0.6) is 0 Å². The van der Waals surface area contributed by atoms with Gasteiger partial charge in [-0.15, -0.1) is 0 Å². The number of rotatable bonds is 5. The van der Waals surface area contributed by atoms with Crippen molar-refractivity contribution in [1.29, 1.82) is 0 Å². The van der Waals surface area contributed by atoms with Gasteiger partial charge in [-0.1, -0.05) is 13.0 Å². The first kappa shape index (κ1) is 17.6. The summed E-state index contributed by atoms with van der Waals surface area (Å²) in [6.07, 6.45) is 0. The molecule has 0 bridgehead atoms. The van der Waals surface area contributed by atoms with Gasteiger partial charge in [0.1, 0.15) is 5.76 Å². The fourth-order valence-electron chi connectivity index (χ4n) is 1.90. The van der Waals surface area contributed by atoms with Gasteiger partial charge in [0.2, 0.25) is 0 Å². The predicted octanol–water partition coefficient (Wildman–Crippen LogP) is 3.50. The maximum absolute atomic E-state index is 12.2. The average molecular weight is 401 g/mol. The topological polar surface area (TPSA) is 79.6 Å². The Morgan fingerprint density at radius 3 is 2.65 bits per heavy atom. The summed E-state index contributed by atoms with van der Waals surface area (Å²) in [4.78, 5) is 13.8. The van der Waals surface area contributed by atoms with E-state index in [2.05, 4.69) is 21.2 Å². The van der Waals surface area contributed by atoms with E-state index >= 15 is 0 Å². The highest BCUT2D eigenvalue weighted by Crippen LogP contribution is 2.18. The Balaban J connectivity index is 2.06.